The van der Waals surface area contributed by atoms with Crippen LogP contribution >= 0.6 is 11.6 Å². The molecule has 3 heterocycles. The van der Waals surface area contributed by atoms with Gasteiger partial charge in [-0.15, -0.1) is 0 Å². The third-order valence-electron chi connectivity index (χ3n) is 3.98. The standard InChI is InChI=1S/C19H15ClN4O/c1-12-8-16(15-4-2-3-5-17(15)22-12)19(25)21-9-14-11-24-10-13(20)6-7-18(24)23-14/h2-8,10-11H,9H2,1H3,(H,21,25). The van der Waals surface area contributed by atoms with Crippen LogP contribution in [0.4, 0.5) is 0 Å². The number of hydrogen-bond donors (Lipinski definition) is 1. The van der Waals surface area contributed by atoms with E-state index < -0.39 is 0 Å². The summed E-state index contributed by atoms with van der Waals surface area (Å²) in [6, 6.07) is 13.1. The van der Waals surface area contributed by atoms with Crippen LogP contribution in [0.1, 0.15) is 21.7 Å². The predicted octanol–water partition coefficient (Wildman–Crippen LogP) is 3.77. The van der Waals surface area contributed by atoms with Crippen molar-refractivity contribution in [3.63, 3.8) is 0 Å². The zero-order valence-corrected chi connectivity index (χ0v) is 14.3. The predicted molar refractivity (Wildman–Crippen MR) is 97.9 cm³/mol. The molecule has 0 unspecified atom stereocenters. The van der Waals surface area contributed by atoms with E-state index in [0.717, 1.165) is 27.9 Å². The number of carbonyl (C=O) groups excluding carboxylic acids is 1. The molecule has 5 nitrogen and oxygen atoms in total. The second-order valence-electron chi connectivity index (χ2n) is 5.86. The molecule has 4 rings (SSSR count). The minimum atomic E-state index is -0.142. The summed E-state index contributed by atoms with van der Waals surface area (Å²) in [6.07, 6.45) is 3.65. The van der Waals surface area contributed by atoms with Gasteiger partial charge in [-0.1, -0.05) is 29.8 Å². The van der Waals surface area contributed by atoms with Crippen LogP contribution in [0.3, 0.4) is 0 Å². The van der Waals surface area contributed by atoms with Crippen molar-refractivity contribution in [1.29, 1.82) is 0 Å². The number of benzene rings is 1. The first-order valence-corrected chi connectivity index (χ1v) is 8.26. The highest BCUT2D eigenvalue weighted by Gasteiger charge is 2.12. The average molecular weight is 351 g/mol. The number of nitrogens with one attached hydrogen (secondary N) is 1. The van der Waals surface area contributed by atoms with Gasteiger partial charge in [-0.25, -0.2) is 4.98 Å². The van der Waals surface area contributed by atoms with Gasteiger partial charge in [0.2, 0.25) is 0 Å². The Balaban J connectivity index is 1.59. The van der Waals surface area contributed by atoms with Crippen molar-refractivity contribution in [2.24, 2.45) is 0 Å². The summed E-state index contributed by atoms with van der Waals surface area (Å²) in [5.41, 5.74) is 3.81. The summed E-state index contributed by atoms with van der Waals surface area (Å²) in [7, 11) is 0. The zero-order chi connectivity index (χ0) is 17.4. The second kappa shape index (κ2) is 6.18. The molecule has 1 aromatic carbocycles. The number of amides is 1. The molecular formula is C19H15ClN4O. The number of aryl methyl sites for hydroxylation is 1. The fraction of sp³-hybridized carbons (Fsp3) is 0.105. The average Bonchev–Trinajstić information content (AvgIpc) is 3.00. The Morgan fingerprint density at radius 3 is 2.88 bits per heavy atom. The molecule has 25 heavy (non-hydrogen) atoms. The molecule has 0 bridgehead atoms. The highest BCUT2D eigenvalue weighted by Crippen LogP contribution is 2.18. The Kier molecular flexibility index (Phi) is 3.86. The minimum Gasteiger partial charge on any atom is -0.346 e. The SMILES string of the molecule is Cc1cc(C(=O)NCc2cn3cc(Cl)ccc3n2)c2ccccc2n1. The van der Waals surface area contributed by atoms with Crippen molar-refractivity contribution in [1.82, 2.24) is 19.7 Å². The minimum absolute atomic E-state index is 0.142. The van der Waals surface area contributed by atoms with Gasteiger partial charge in [0.15, 0.2) is 0 Å². The van der Waals surface area contributed by atoms with Crippen LogP contribution in [-0.2, 0) is 6.54 Å². The highest BCUT2D eigenvalue weighted by molar-refractivity contribution is 6.30. The molecule has 0 saturated carbocycles. The summed E-state index contributed by atoms with van der Waals surface area (Å²) in [4.78, 5) is 21.6. The van der Waals surface area contributed by atoms with E-state index >= 15 is 0 Å². The van der Waals surface area contributed by atoms with Crippen LogP contribution in [0, 0.1) is 6.92 Å². The second-order valence-corrected chi connectivity index (χ2v) is 6.29. The summed E-state index contributed by atoms with van der Waals surface area (Å²) in [5, 5.41) is 4.41. The number of halogens is 1. The van der Waals surface area contributed by atoms with Crippen molar-refractivity contribution in [2.75, 3.05) is 0 Å². The number of pyridine rings is 2. The molecule has 0 saturated heterocycles. The molecule has 0 spiro atoms. The summed E-state index contributed by atoms with van der Waals surface area (Å²) < 4.78 is 1.84. The van der Waals surface area contributed by atoms with E-state index in [1.165, 1.54) is 0 Å². The third-order valence-corrected chi connectivity index (χ3v) is 4.21. The van der Waals surface area contributed by atoms with Crippen molar-refractivity contribution in [2.45, 2.75) is 13.5 Å². The number of fused-ring (bicyclic) bond motifs is 2. The molecule has 0 radical (unpaired) electrons. The van der Waals surface area contributed by atoms with E-state index in [2.05, 4.69) is 15.3 Å². The summed E-state index contributed by atoms with van der Waals surface area (Å²) in [6.45, 7) is 2.23. The van der Waals surface area contributed by atoms with Gasteiger partial charge in [0, 0.05) is 23.5 Å². The normalized spacial score (nSPS) is 11.1. The Morgan fingerprint density at radius 2 is 2.00 bits per heavy atom. The first-order valence-electron chi connectivity index (χ1n) is 7.88. The van der Waals surface area contributed by atoms with Crippen LogP contribution in [0.25, 0.3) is 16.6 Å². The quantitative estimate of drug-likeness (QED) is 0.611. The number of imidazole rings is 1. The van der Waals surface area contributed by atoms with Crippen molar-refractivity contribution in [3.05, 3.63) is 76.8 Å². The van der Waals surface area contributed by atoms with Gasteiger partial charge in [-0.2, -0.15) is 0 Å². The number of para-hydroxylation sites is 1. The molecule has 3 aromatic heterocycles. The zero-order valence-electron chi connectivity index (χ0n) is 13.5. The van der Waals surface area contributed by atoms with E-state index in [4.69, 9.17) is 11.6 Å². The third kappa shape index (κ3) is 3.06. The first-order chi connectivity index (χ1) is 12.1. The smallest absolute Gasteiger partial charge is 0.252 e. The molecule has 1 amide bonds. The van der Waals surface area contributed by atoms with Gasteiger partial charge in [0.05, 0.1) is 28.3 Å². The Morgan fingerprint density at radius 1 is 1.16 bits per heavy atom. The van der Waals surface area contributed by atoms with E-state index in [0.29, 0.717) is 17.1 Å². The maximum atomic E-state index is 12.7. The number of hydrogen-bond acceptors (Lipinski definition) is 3. The Labute approximate surface area is 149 Å². The number of nitrogens with zero attached hydrogens (tertiary/aromatic N) is 3. The highest BCUT2D eigenvalue weighted by atomic mass is 35.5. The molecule has 0 fully saturated rings. The molecule has 4 aromatic rings. The lowest BCUT2D eigenvalue weighted by Gasteiger charge is -2.08. The van der Waals surface area contributed by atoms with Gasteiger partial charge in [-0.05, 0) is 31.2 Å². The molecule has 0 atom stereocenters. The van der Waals surface area contributed by atoms with Crippen LogP contribution in [0.15, 0.2) is 54.9 Å². The summed E-state index contributed by atoms with van der Waals surface area (Å²) >= 11 is 5.98. The van der Waals surface area contributed by atoms with Crippen molar-refractivity contribution in [3.8, 4) is 0 Å². The van der Waals surface area contributed by atoms with Crippen LogP contribution < -0.4 is 5.32 Å². The number of rotatable bonds is 3. The Hall–Kier alpha value is -2.92. The number of aromatic nitrogens is 3. The molecule has 6 heteroatoms. The van der Waals surface area contributed by atoms with E-state index in [9.17, 15) is 4.79 Å². The molecular weight excluding hydrogens is 336 g/mol. The van der Waals surface area contributed by atoms with Crippen LogP contribution in [-0.4, -0.2) is 20.3 Å². The molecule has 0 aliphatic rings. The maximum absolute atomic E-state index is 12.7. The topological polar surface area (TPSA) is 59.3 Å². The van der Waals surface area contributed by atoms with E-state index in [1.807, 2.05) is 47.9 Å². The van der Waals surface area contributed by atoms with Gasteiger partial charge < -0.3 is 9.72 Å². The molecule has 0 aliphatic carbocycles. The molecule has 1 N–H and O–H groups in total. The lowest BCUT2D eigenvalue weighted by molar-refractivity contribution is 0.0952. The molecule has 0 aliphatic heterocycles. The molecule has 124 valence electrons. The van der Waals surface area contributed by atoms with Gasteiger partial charge in [0.1, 0.15) is 5.65 Å². The van der Waals surface area contributed by atoms with Crippen LogP contribution in [0.2, 0.25) is 5.02 Å². The fourth-order valence-electron chi connectivity index (χ4n) is 2.86. The van der Waals surface area contributed by atoms with Crippen LogP contribution in [0.5, 0.6) is 0 Å². The van der Waals surface area contributed by atoms with E-state index in [1.54, 1.807) is 18.3 Å². The monoisotopic (exact) mass is 350 g/mol. The fourth-order valence-corrected chi connectivity index (χ4v) is 3.03. The Bertz CT molecular complexity index is 1100. The van der Waals surface area contributed by atoms with Gasteiger partial charge >= 0.3 is 0 Å². The van der Waals surface area contributed by atoms with Crippen molar-refractivity contribution >= 4 is 34.1 Å². The van der Waals surface area contributed by atoms with Gasteiger partial charge in [-0.3, -0.25) is 9.78 Å². The van der Waals surface area contributed by atoms with E-state index in [-0.39, 0.29) is 5.91 Å². The van der Waals surface area contributed by atoms with Crippen molar-refractivity contribution < 1.29 is 4.79 Å². The van der Waals surface area contributed by atoms with Gasteiger partial charge in [0.25, 0.3) is 5.91 Å². The largest absolute Gasteiger partial charge is 0.346 e. The lowest BCUT2D eigenvalue weighted by Crippen LogP contribution is -2.23. The number of carbonyl (C=O) groups is 1. The first kappa shape index (κ1) is 15.6. The summed E-state index contributed by atoms with van der Waals surface area (Å²) in [5.74, 6) is -0.142. The lowest BCUT2D eigenvalue weighted by atomic mass is 10.1. The maximum Gasteiger partial charge on any atom is 0.252 e.